The molecule has 0 bridgehead atoms. The van der Waals surface area contributed by atoms with Gasteiger partial charge in [0, 0.05) is 20.4 Å². The van der Waals surface area contributed by atoms with Crippen molar-refractivity contribution >= 4 is 45.6 Å². The van der Waals surface area contributed by atoms with E-state index in [2.05, 4.69) is 32.6 Å². The van der Waals surface area contributed by atoms with Gasteiger partial charge in [-0.15, -0.1) is 0 Å². The van der Waals surface area contributed by atoms with Gasteiger partial charge in [-0.1, -0.05) is 30.3 Å². The molecule has 1 N–H and O–H groups in total. The maximum absolute atomic E-state index is 10.2. The van der Waals surface area contributed by atoms with E-state index in [-0.39, 0.29) is 5.95 Å². The molecule has 5 heteroatoms. The molecule has 0 saturated heterocycles. The van der Waals surface area contributed by atoms with Crippen LogP contribution in [0.1, 0.15) is 18.2 Å². The van der Waals surface area contributed by atoms with Gasteiger partial charge in [-0.3, -0.25) is 4.99 Å². The van der Waals surface area contributed by atoms with Gasteiger partial charge < -0.3 is 9.52 Å². The second kappa shape index (κ2) is 5.90. The molecule has 2 aromatic carbocycles. The summed E-state index contributed by atoms with van der Waals surface area (Å²) in [7, 11) is 0. The Balaban J connectivity index is 1.80. The topological polar surface area (TPSA) is 58.6 Å². The van der Waals surface area contributed by atoms with E-state index in [9.17, 15) is 5.11 Å². The van der Waals surface area contributed by atoms with Gasteiger partial charge in [0.1, 0.15) is 5.69 Å². The third-order valence-corrected chi connectivity index (χ3v) is 4.83. The highest BCUT2D eigenvalue weighted by molar-refractivity contribution is 14.1. The summed E-state index contributed by atoms with van der Waals surface area (Å²) in [6.45, 7) is 1.95. The van der Waals surface area contributed by atoms with Gasteiger partial charge in [0.15, 0.2) is 0 Å². The minimum absolute atomic E-state index is 0.186. The highest BCUT2D eigenvalue weighted by Crippen LogP contribution is 2.37. The Bertz CT molecular complexity index is 1000. The molecule has 0 aliphatic carbocycles. The zero-order chi connectivity index (χ0) is 16.7. The monoisotopic (exact) mass is 428 g/mol. The molecule has 0 unspecified atom stereocenters. The summed E-state index contributed by atoms with van der Waals surface area (Å²) in [5.74, 6) is 0.222. The number of nitrogens with zero attached hydrogens (tertiary/aromatic N) is 2. The van der Waals surface area contributed by atoms with Crippen molar-refractivity contribution in [2.45, 2.75) is 6.92 Å². The number of hydrogen-bond acceptors (Lipinski definition) is 4. The lowest BCUT2D eigenvalue weighted by molar-refractivity contribution is 0.336. The summed E-state index contributed by atoms with van der Waals surface area (Å²) in [5.41, 5.74) is 5.08. The average Bonchev–Trinajstić information content (AvgIpc) is 3.09. The molecule has 3 aromatic rings. The first-order valence-electron chi connectivity index (χ1n) is 7.45. The highest BCUT2D eigenvalue weighted by Gasteiger charge is 2.20. The van der Waals surface area contributed by atoms with Crippen LogP contribution >= 0.6 is 22.6 Å². The number of rotatable bonds is 2. The van der Waals surface area contributed by atoms with Gasteiger partial charge in [0.2, 0.25) is 5.89 Å². The van der Waals surface area contributed by atoms with Crippen molar-refractivity contribution in [2.24, 2.45) is 4.99 Å². The zero-order valence-corrected chi connectivity index (χ0v) is 15.0. The maximum Gasteiger partial charge on any atom is 0.310 e. The predicted molar refractivity (Wildman–Crippen MR) is 103 cm³/mol. The Morgan fingerprint density at radius 3 is 2.54 bits per heavy atom. The molecule has 2 heterocycles. The molecule has 24 heavy (non-hydrogen) atoms. The lowest BCUT2D eigenvalue weighted by Crippen LogP contribution is -1.90. The molecule has 0 atom stereocenters. The summed E-state index contributed by atoms with van der Waals surface area (Å²) >= 11 is 2.22. The normalized spacial score (nSPS) is 14.8. The lowest BCUT2D eigenvalue weighted by atomic mass is 10.0. The molecule has 118 valence electrons. The van der Waals surface area contributed by atoms with E-state index in [1.807, 2.05) is 61.5 Å². The molecule has 4 rings (SSSR count). The van der Waals surface area contributed by atoms with Crippen LogP contribution in [-0.4, -0.2) is 15.8 Å². The molecular formula is C19H13IN2O2. The molecule has 4 nitrogen and oxygen atoms in total. The Morgan fingerprint density at radius 2 is 1.75 bits per heavy atom. The van der Waals surface area contributed by atoms with E-state index in [1.165, 1.54) is 0 Å². The number of aromatic nitrogens is 1. The van der Waals surface area contributed by atoms with Crippen LogP contribution in [0, 0.1) is 3.57 Å². The van der Waals surface area contributed by atoms with Crippen molar-refractivity contribution in [1.29, 1.82) is 0 Å². The van der Waals surface area contributed by atoms with Gasteiger partial charge in [-0.25, -0.2) is 4.98 Å². The summed E-state index contributed by atoms with van der Waals surface area (Å²) in [5, 5.41) is 10.2. The second-order valence-corrected chi connectivity index (χ2v) is 6.62. The van der Waals surface area contributed by atoms with Crippen molar-refractivity contribution in [3.63, 3.8) is 0 Å². The fourth-order valence-electron chi connectivity index (χ4n) is 2.72. The highest BCUT2D eigenvalue weighted by atomic mass is 127. The fourth-order valence-corrected chi connectivity index (χ4v) is 3.34. The van der Waals surface area contributed by atoms with Crippen molar-refractivity contribution < 1.29 is 9.52 Å². The number of benzene rings is 2. The number of aromatic hydroxyl groups is 1. The van der Waals surface area contributed by atoms with E-state index in [0.717, 1.165) is 31.7 Å². The third-order valence-electron chi connectivity index (χ3n) is 3.89. The largest absolute Gasteiger partial charge is 0.479 e. The lowest BCUT2D eigenvalue weighted by Gasteiger charge is -1.99. The van der Waals surface area contributed by atoms with Crippen molar-refractivity contribution in [3.8, 4) is 17.4 Å². The summed E-state index contributed by atoms with van der Waals surface area (Å²) < 4.78 is 6.48. The molecule has 0 spiro atoms. The summed E-state index contributed by atoms with van der Waals surface area (Å²) in [4.78, 5) is 9.00. The summed E-state index contributed by atoms with van der Waals surface area (Å²) in [6.07, 6.45) is 1.82. The van der Waals surface area contributed by atoms with Crippen LogP contribution in [0.25, 0.3) is 23.1 Å². The number of aliphatic imine (C=N–C) groups is 1. The molecule has 1 aliphatic heterocycles. The smallest absolute Gasteiger partial charge is 0.310 e. The van der Waals surface area contributed by atoms with Crippen molar-refractivity contribution in [1.82, 2.24) is 4.98 Å². The van der Waals surface area contributed by atoms with Gasteiger partial charge in [-0.05, 0) is 53.8 Å². The predicted octanol–water partition coefficient (Wildman–Crippen LogP) is 5.30. The van der Waals surface area contributed by atoms with Gasteiger partial charge in [-0.2, -0.15) is 0 Å². The number of halogens is 1. The third kappa shape index (κ3) is 2.54. The van der Waals surface area contributed by atoms with Crippen LogP contribution in [0.2, 0.25) is 0 Å². The van der Waals surface area contributed by atoms with Crippen LogP contribution in [0.4, 0.5) is 5.69 Å². The Kier molecular flexibility index (Phi) is 3.72. The number of oxazole rings is 1. The van der Waals surface area contributed by atoms with E-state index in [0.29, 0.717) is 11.6 Å². The number of hydrogen-bond donors (Lipinski definition) is 1. The zero-order valence-electron chi connectivity index (χ0n) is 12.8. The first-order chi connectivity index (χ1) is 11.6. The number of allylic oxidation sites excluding steroid dienone is 1. The number of para-hydroxylation sites is 1. The number of fused-ring (bicyclic) bond motifs is 1. The molecule has 0 fully saturated rings. The fraction of sp³-hybridized carbons (Fsp3) is 0.0526. The molecule has 0 radical (unpaired) electrons. The Morgan fingerprint density at radius 1 is 1.04 bits per heavy atom. The van der Waals surface area contributed by atoms with Gasteiger partial charge in [0.25, 0.3) is 0 Å². The standard InChI is InChI=1S/C19H13IN2O2/c1-11-14(12-6-3-5-9-16(12)21-11)10-17-19(23)24-18(22-17)13-7-2-4-8-15(13)20/h2-10,23H,1H3/b14-10-. The molecule has 0 amide bonds. The first-order valence-corrected chi connectivity index (χ1v) is 8.53. The molecule has 0 saturated carbocycles. The molecule has 1 aliphatic rings. The van der Waals surface area contributed by atoms with E-state index in [1.54, 1.807) is 0 Å². The Hall–Kier alpha value is -2.41. The van der Waals surface area contributed by atoms with Crippen molar-refractivity contribution in [2.75, 3.05) is 0 Å². The average molecular weight is 428 g/mol. The molecule has 1 aromatic heterocycles. The van der Waals surface area contributed by atoms with E-state index < -0.39 is 0 Å². The second-order valence-electron chi connectivity index (χ2n) is 5.46. The van der Waals surface area contributed by atoms with Crippen LogP contribution in [0.15, 0.2) is 57.9 Å². The molecular weight excluding hydrogens is 415 g/mol. The summed E-state index contributed by atoms with van der Waals surface area (Å²) in [6, 6.07) is 15.7. The van der Waals surface area contributed by atoms with Gasteiger partial charge >= 0.3 is 5.95 Å². The van der Waals surface area contributed by atoms with Crippen LogP contribution in [0.5, 0.6) is 5.95 Å². The van der Waals surface area contributed by atoms with Crippen LogP contribution in [0.3, 0.4) is 0 Å². The minimum atomic E-state index is -0.186. The maximum atomic E-state index is 10.2. The van der Waals surface area contributed by atoms with Crippen LogP contribution in [-0.2, 0) is 0 Å². The Labute approximate surface area is 152 Å². The minimum Gasteiger partial charge on any atom is -0.479 e. The van der Waals surface area contributed by atoms with Crippen molar-refractivity contribution in [3.05, 3.63) is 63.4 Å². The first kappa shape index (κ1) is 15.1. The SMILES string of the molecule is CC1=Nc2ccccc2/C1=C\c1nc(-c2ccccc2I)oc1O. The van der Waals surface area contributed by atoms with E-state index in [4.69, 9.17) is 4.42 Å². The van der Waals surface area contributed by atoms with E-state index >= 15 is 0 Å². The van der Waals surface area contributed by atoms with Crippen LogP contribution < -0.4 is 0 Å². The van der Waals surface area contributed by atoms with Gasteiger partial charge in [0.05, 0.1) is 11.3 Å². The quantitative estimate of drug-likeness (QED) is 0.564.